The van der Waals surface area contributed by atoms with Gasteiger partial charge in [0.05, 0.1) is 6.54 Å². The highest BCUT2D eigenvalue weighted by molar-refractivity contribution is 5.58. The number of hydrogen-bond donors (Lipinski definition) is 0. The van der Waals surface area contributed by atoms with E-state index in [-0.39, 0.29) is 6.10 Å². The van der Waals surface area contributed by atoms with E-state index in [1.165, 1.54) is 0 Å². The topological polar surface area (TPSA) is 60.6 Å². The van der Waals surface area contributed by atoms with Crippen LogP contribution in [0.5, 0.6) is 11.5 Å². The van der Waals surface area contributed by atoms with Gasteiger partial charge in [0, 0.05) is 12.1 Å². The molecule has 0 bridgehead atoms. The Bertz CT molecular complexity index is 909. The number of nitrogens with zero attached hydrogens (tertiary/aromatic N) is 3. The van der Waals surface area contributed by atoms with Gasteiger partial charge in [-0.25, -0.2) is 0 Å². The van der Waals surface area contributed by atoms with Crippen LogP contribution in [-0.2, 0) is 6.54 Å². The maximum atomic E-state index is 6.06. The van der Waals surface area contributed by atoms with Gasteiger partial charge >= 0.3 is 0 Å². The van der Waals surface area contributed by atoms with E-state index in [1.807, 2.05) is 55.5 Å². The molecule has 0 spiro atoms. The molecule has 1 aliphatic heterocycles. The first-order valence-corrected chi connectivity index (χ1v) is 9.22. The third-order valence-corrected chi connectivity index (χ3v) is 4.69. The summed E-state index contributed by atoms with van der Waals surface area (Å²) in [4.78, 5) is 6.79. The molecule has 27 heavy (non-hydrogen) atoms. The predicted octanol–water partition coefficient (Wildman–Crippen LogP) is 3.71. The summed E-state index contributed by atoms with van der Waals surface area (Å²) in [6, 6.07) is 15.8. The monoisotopic (exact) mass is 365 g/mol. The van der Waals surface area contributed by atoms with Crippen molar-refractivity contribution in [1.82, 2.24) is 15.0 Å². The van der Waals surface area contributed by atoms with E-state index >= 15 is 0 Å². The van der Waals surface area contributed by atoms with E-state index in [1.54, 1.807) is 0 Å². The number of aryl methyl sites for hydroxylation is 1. The standard InChI is InChI=1S/C21H23N3O3/c1-3-24(12-16-14-25-18-10-6-7-11-19(18)26-16)13-20-22-21(23-27-20)17-9-5-4-8-15(17)2/h4-11,16H,3,12-14H2,1-2H3. The Morgan fingerprint density at radius 3 is 2.67 bits per heavy atom. The molecule has 0 radical (unpaired) electrons. The van der Waals surface area contributed by atoms with Crippen molar-refractivity contribution >= 4 is 0 Å². The molecule has 1 aliphatic rings. The van der Waals surface area contributed by atoms with Gasteiger partial charge in [-0.2, -0.15) is 4.98 Å². The Labute approximate surface area is 158 Å². The number of para-hydroxylation sites is 2. The summed E-state index contributed by atoms with van der Waals surface area (Å²) in [5.41, 5.74) is 2.12. The second-order valence-corrected chi connectivity index (χ2v) is 6.65. The van der Waals surface area contributed by atoms with Crippen LogP contribution in [0.1, 0.15) is 18.4 Å². The largest absolute Gasteiger partial charge is 0.486 e. The smallest absolute Gasteiger partial charge is 0.241 e. The first-order chi connectivity index (χ1) is 13.2. The molecule has 6 nitrogen and oxygen atoms in total. The Balaban J connectivity index is 1.41. The van der Waals surface area contributed by atoms with Crippen molar-refractivity contribution in [3.63, 3.8) is 0 Å². The van der Waals surface area contributed by atoms with Crippen LogP contribution in [0, 0.1) is 6.92 Å². The molecule has 0 N–H and O–H groups in total. The second-order valence-electron chi connectivity index (χ2n) is 6.65. The molecule has 6 heteroatoms. The second kappa shape index (κ2) is 7.80. The van der Waals surface area contributed by atoms with Crippen LogP contribution in [0.2, 0.25) is 0 Å². The first kappa shape index (κ1) is 17.5. The number of benzene rings is 2. The predicted molar refractivity (Wildman–Crippen MR) is 102 cm³/mol. The van der Waals surface area contributed by atoms with Gasteiger partial charge in [-0.3, -0.25) is 4.90 Å². The quantitative estimate of drug-likeness (QED) is 0.664. The van der Waals surface area contributed by atoms with Crippen molar-refractivity contribution in [2.24, 2.45) is 0 Å². The molecule has 2 aromatic carbocycles. The molecule has 140 valence electrons. The lowest BCUT2D eigenvalue weighted by molar-refractivity contribution is 0.0551. The highest BCUT2D eigenvalue weighted by Crippen LogP contribution is 2.31. The van der Waals surface area contributed by atoms with Gasteiger partial charge in [0.2, 0.25) is 11.7 Å². The molecule has 0 saturated heterocycles. The number of hydrogen-bond acceptors (Lipinski definition) is 6. The number of rotatable bonds is 6. The first-order valence-electron chi connectivity index (χ1n) is 9.22. The lowest BCUT2D eigenvalue weighted by Gasteiger charge is -2.30. The van der Waals surface area contributed by atoms with Gasteiger partial charge in [-0.1, -0.05) is 48.5 Å². The molecule has 4 rings (SSSR count). The van der Waals surface area contributed by atoms with E-state index in [4.69, 9.17) is 14.0 Å². The van der Waals surface area contributed by atoms with E-state index in [0.717, 1.165) is 35.7 Å². The fourth-order valence-electron chi connectivity index (χ4n) is 3.19. The fraction of sp³-hybridized carbons (Fsp3) is 0.333. The SMILES string of the molecule is CCN(Cc1nc(-c2ccccc2C)no1)CC1COc2ccccc2O1. The van der Waals surface area contributed by atoms with Crippen LogP contribution < -0.4 is 9.47 Å². The molecule has 0 amide bonds. The Morgan fingerprint density at radius 1 is 1.07 bits per heavy atom. The van der Waals surface area contributed by atoms with Crippen molar-refractivity contribution in [2.45, 2.75) is 26.5 Å². The van der Waals surface area contributed by atoms with E-state index in [9.17, 15) is 0 Å². The normalized spacial score (nSPS) is 15.9. The van der Waals surface area contributed by atoms with Gasteiger partial charge in [-0.05, 0) is 31.2 Å². The van der Waals surface area contributed by atoms with Crippen molar-refractivity contribution in [3.05, 3.63) is 60.0 Å². The molecule has 2 heterocycles. The van der Waals surface area contributed by atoms with Crippen LogP contribution in [0.15, 0.2) is 53.1 Å². The zero-order valence-electron chi connectivity index (χ0n) is 15.6. The van der Waals surface area contributed by atoms with Crippen LogP contribution in [-0.4, -0.2) is 40.8 Å². The number of fused-ring (bicyclic) bond motifs is 1. The Morgan fingerprint density at radius 2 is 1.85 bits per heavy atom. The van der Waals surface area contributed by atoms with E-state index in [2.05, 4.69) is 22.0 Å². The van der Waals surface area contributed by atoms with Crippen LogP contribution >= 0.6 is 0 Å². The average Bonchev–Trinajstić information content (AvgIpc) is 3.16. The molecule has 0 fully saturated rings. The molecular weight excluding hydrogens is 342 g/mol. The maximum Gasteiger partial charge on any atom is 0.241 e. The molecule has 3 aromatic rings. The molecule has 1 unspecified atom stereocenters. The van der Waals surface area contributed by atoms with Crippen molar-refractivity contribution in [1.29, 1.82) is 0 Å². The minimum atomic E-state index is -0.0291. The van der Waals surface area contributed by atoms with Crippen LogP contribution in [0.3, 0.4) is 0 Å². The summed E-state index contributed by atoms with van der Waals surface area (Å²) < 4.78 is 17.3. The third-order valence-electron chi connectivity index (χ3n) is 4.69. The zero-order valence-corrected chi connectivity index (χ0v) is 15.6. The minimum absolute atomic E-state index is 0.0291. The lowest BCUT2D eigenvalue weighted by Crippen LogP contribution is -2.40. The lowest BCUT2D eigenvalue weighted by atomic mass is 10.1. The summed E-state index contributed by atoms with van der Waals surface area (Å²) in [5, 5.41) is 4.14. The van der Waals surface area contributed by atoms with E-state index in [0.29, 0.717) is 24.9 Å². The van der Waals surface area contributed by atoms with Crippen molar-refractivity contribution in [3.8, 4) is 22.9 Å². The molecule has 1 aromatic heterocycles. The van der Waals surface area contributed by atoms with Crippen LogP contribution in [0.25, 0.3) is 11.4 Å². The number of likely N-dealkylation sites (N-methyl/N-ethyl adjacent to an activating group) is 1. The number of aromatic nitrogens is 2. The highest BCUT2D eigenvalue weighted by Gasteiger charge is 2.23. The fourth-order valence-corrected chi connectivity index (χ4v) is 3.19. The van der Waals surface area contributed by atoms with Crippen molar-refractivity contribution < 1.29 is 14.0 Å². The maximum absolute atomic E-state index is 6.06. The van der Waals surface area contributed by atoms with Gasteiger partial charge in [-0.15, -0.1) is 0 Å². The van der Waals surface area contributed by atoms with Gasteiger partial charge in [0.1, 0.15) is 12.7 Å². The summed E-state index contributed by atoms with van der Waals surface area (Å²) in [6.07, 6.45) is -0.0291. The van der Waals surface area contributed by atoms with Gasteiger partial charge in [0.15, 0.2) is 11.5 Å². The molecule has 1 atom stereocenters. The van der Waals surface area contributed by atoms with Gasteiger partial charge in [0.25, 0.3) is 0 Å². The minimum Gasteiger partial charge on any atom is -0.486 e. The van der Waals surface area contributed by atoms with Crippen molar-refractivity contribution in [2.75, 3.05) is 19.7 Å². The molecule has 0 aliphatic carbocycles. The Kier molecular flexibility index (Phi) is 5.07. The summed E-state index contributed by atoms with van der Waals surface area (Å²) >= 11 is 0. The zero-order chi connectivity index (χ0) is 18.6. The Hall–Kier alpha value is -2.86. The third kappa shape index (κ3) is 3.95. The average molecular weight is 365 g/mol. The molecule has 0 saturated carbocycles. The number of ether oxygens (including phenoxy) is 2. The van der Waals surface area contributed by atoms with Gasteiger partial charge < -0.3 is 14.0 Å². The summed E-state index contributed by atoms with van der Waals surface area (Å²) in [5.74, 6) is 2.83. The van der Waals surface area contributed by atoms with E-state index < -0.39 is 0 Å². The summed E-state index contributed by atoms with van der Waals surface area (Å²) in [7, 11) is 0. The summed E-state index contributed by atoms with van der Waals surface area (Å²) in [6.45, 7) is 6.84. The van der Waals surface area contributed by atoms with Crippen LogP contribution in [0.4, 0.5) is 0 Å². The highest BCUT2D eigenvalue weighted by atomic mass is 16.6. The molecular formula is C21H23N3O3.